The van der Waals surface area contributed by atoms with Crippen molar-refractivity contribution in [2.24, 2.45) is 0 Å². The molecule has 2 fully saturated rings. The molecule has 1 N–H and O–H groups in total. The normalized spacial score (nSPS) is 18.4. The highest BCUT2D eigenvalue weighted by atomic mass is 35.5. The van der Waals surface area contributed by atoms with Crippen molar-refractivity contribution in [1.82, 2.24) is 29.1 Å². The lowest BCUT2D eigenvalue weighted by Crippen LogP contribution is -2.47. The van der Waals surface area contributed by atoms with E-state index in [2.05, 4.69) is 44.1 Å². The zero-order chi connectivity index (χ0) is 26.1. The van der Waals surface area contributed by atoms with Crippen LogP contribution in [-0.2, 0) is 19.6 Å². The van der Waals surface area contributed by atoms with Crippen molar-refractivity contribution in [2.75, 3.05) is 26.2 Å². The average molecular weight is 533 g/mol. The van der Waals surface area contributed by atoms with Gasteiger partial charge < -0.3 is 5.11 Å². The van der Waals surface area contributed by atoms with Crippen LogP contribution in [-0.4, -0.2) is 66.0 Å². The SMILES string of the molecule is O=c1c2cnn(-c3ccc(Cl)cc3)c2ncn1CC1(O)CCN(Cc2cccc(CN3CCCC3)c2)CC1. The Kier molecular flexibility index (Phi) is 7.05. The number of hydrogen-bond donors (Lipinski definition) is 1. The molecule has 0 saturated carbocycles. The third kappa shape index (κ3) is 5.40. The Labute approximate surface area is 227 Å². The van der Waals surface area contributed by atoms with Gasteiger partial charge in [0.1, 0.15) is 11.7 Å². The number of piperidine rings is 1. The predicted octanol–water partition coefficient (Wildman–Crippen LogP) is 3.86. The van der Waals surface area contributed by atoms with Crippen LogP contribution in [0.5, 0.6) is 0 Å². The maximum absolute atomic E-state index is 13.2. The fourth-order valence-electron chi connectivity index (χ4n) is 5.72. The van der Waals surface area contributed by atoms with Crippen LogP contribution in [0.2, 0.25) is 5.02 Å². The molecule has 8 nitrogen and oxygen atoms in total. The van der Waals surface area contributed by atoms with Crippen LogP contribution in [0.4, 0.5) is 0 Å². The molecule has 2 aliphatic rings. The number of halogens is 1. The van der Waals surface area contributed by atoms with E-state index in [0.717, 1.165) is 31.9 Å². The highest BCUT2D eigenvalue weighted by Gasteiger charge is 2.33. The number of rotatable bonds is 7. The predicted molar refractivity (Wildman–Crippen MR) is 149 cm³/mol. The average Bonchev–Trinajstić information content (AvgIpc) is 3.59. The Balaban J connectivity index is 1.10. The van der Waals surface area contributed by atoms with E-state index in [1.807, 2.05) is 12.1 Å². The van der Waals surface area contributed by atoms with Gasteiger partial charge in [-0.05, 0) is 74.2 Å². The minimum absolute atomic E-state index is 0.194. The van der Waals surface area contributed by atoms with E-state index < -0.39 is 5.60 Å². The number of aromatic nitrogens is 4. The molecule has 0 spiro atoms. The number of likely N-dealkylation sites (tertiary alicyclic amines) is 2. The fraction of sp³-hybridized carbons (Fsp3) is 0.414. The largest absolute Gasteiger partial charge is 0.388 e. The van der Waals surface area contributed by atoms with Crippen LogP contribution in [0.1, 0.15) is 36.8 Å². The molecule has 0 radical (unpaired) electrons. The molecular formula is C29H33ClN6O2. The highest BCUT2D eigenvalue weighted by Crippen LogP contribution is 2.26. The highest BCUT2D eigenvalue weighted by molar-refractivity contribution is 6.30. The molecule has 4 aromatic rings. The molecule has 2 aliphatic heterocycles. The van der Waals surface area contributed by atoms with Gasteiger partial charge in [0, 0.05) is 31.2 Å². The summed E-state index contributed by atoms with van der Waals surface area (Å²) in [6.45, 7) is 6.09. The first kappa shape index (κ1) is 25.2. The molecular weight excluding hydrogens is 500 g/mol. The summed E-state index contributed by atoms with van der Waals surface area (Å²) in [5, 5.41) is 16.8. The van der Waals surface area contributed by atoms with Crippen molar-refractivity contribution in [3.05, 3.63) is 87.6 Å². The van der Waals surface area contributed by atoms with E-state index in [1.54, 1.807) is 23.0 Å². The van der Waals surface area contributed by atoms with Gasteiger partial charge >= 0.3 is 0 Å². The first-order chi connectivity index (χ1) is 18.5. The molecule has 0 atom stereocenters. The van der Waals surface area contributed by atoms with Crippen molar-refractivity contribution in [1.29, 1.82) is 0 Å². The topological polar surface area (TPSA) is 79.4 Å². The van der Waals surface area contributed by atoms with Crippen molar-refractivity contribution in [3.8, 4) is 5.69 Å². The molecule has 38 heavy (non-hydrogen) atoms. The Morgan fingerprint density at radius 1 is 0.921 bits per heavy atom. The number of hydrogen-bond acceptors (Lipinski definition) is 6. The van der Waals surface area contributed by atoms with E-state index >= 15 is 0 Å². The van der Waals surface area contributed by atoms with E-state index in [9.17, 15) is 9.90 Å². The summed E-state index contributed by atoms with van der Waals surface area (Å²) in [5.41, 5.74) is 2.82. The molecule has 0 unspecified atom stereocenters. The molecule has 2 saturated heterocycles. The molecule has 2 aromatic carbocycles. The Hall–Kier alpha value is -3.04. The molecule has 4 heterocycles. The number of fused-ring (bicyclic) bond motifs is 1. The maximum Gasteiger partial charge on any atom is 0.264 e. The van der Waals surface area contributed by atoms with Gasteiger partial charge in [-0.15, -0.1) is 0 Å². The zero-order valence-electron chi connectivity index (χ0n) is 21.5. The molecule has 2 aromatic heterocycles. The van der Waals surface area contributed by atoms with Gasteiger partial charge in [0.2, 0.25) is 0 Å². The lowest BCUT2D eigenvalue weighted by Gasteiger charge is -2.38. The minimum Gasteiger partial charge on any atom is -0.388 e. The van der Waals surface area contributed by atoms with Crippen molar-refractivity contribution in [3.63, 3.8) is 0 Å². The molecule has 6 rings (SSSR count). The first-order valence-corrected chi connectivity index (χ1v) is 13.8. The maximum atomic E-state index is 13.2. The minimum atomic E-state index is -0.945. The van der Waals surface area contributed by atoms with Crippen molar-refractivity contribution >= 4 is 22.6 Å². The Bertz CT molecular complexity index is 1470. The molecule has 9 heteroatoms. The third-order valence-corrected chi connectivity index (χ3v) is 8.13. The second-order valence-corrected chi connectivity index (χ2v) is 11.2. The standard InChI is InChI=1S/C29H33ClN6O2/c30-24-6-8-25(9-7-24)36-27-26(17-32-36)28(37)35(21-31-27)20-29(38)10-14-34(15-11-29)19-23-5-3-4-22(16-23)18-33-12-1-2-13-33/h3-9,16-17,21,38H,1-2,10-15,18-20H2. The van der Waals surface area contributed by atoms with E-state index in [-0.39, 0.29) is 12.1 Å². The second kappa shape index (κ2) is 10.6. The van der Waals surface area contributed by atoms with Crippen LogP contribution in [0.3, 0.4) is 0 Å². The lowest BCUT2D eigenvalue weighted by molar-refractivity contribution is -0.0364. The molecule has 0 aliphatic carbocycles. The van der Waals surface area contributed by atoms with Crippen LogP contribution in [0.15, 0.2) is 65.8 Å². The monoisotopic (exact) mass is 532 g/mol. The molecule has 0 bridgehead atoms. The summed E-state index contributed by atoms with van der Waals surface area (Å²) in [5.74, 6) is 0. The molecule has 198 valence electrons. The Morgan fingerprint density at radius 3 is 2.26 bits per heavy atom. The van der Waals surface area contributed by atoms with Gasteiger partial charge in [0.05, 0.1) is 24.0 Å². The summed E-state index contributed by atoms with van der Waals surface area (Å²) >= 11 is 6.00. The van der Waals surface area contributed by atoms with Gasteiger partial charge in [0.15, 0.2) is 5.65 Å². The number of benzene rings is 2. The second-order valence-electron chi connectivity index (χ2n) is 10.8. The zero-order valence-corrected chi connectivity index (χ0v) is 22.2. The summed E-state index contributed by atoms with van der Waals surface area (Å²) < 4.78 is 3.15. The molecule has 0 amide bonds. The van der Waals surface area contributed by atoms with Gasteiger partial charge in [-0.2, -0.15) is 5.10 Å². The van der Waals surface area contributed by atoms with Crippen LogP contribution in [0, 0.1) is 0 Å². The Morgan fingerprint density at radius 2 is 1.58 bits per heavy atom. The summed E-state index contributed by atoms with van der Waals surface area (Å²) in [6.07, 6.45) is 6.89. The van der Waals surface area contributed by atoms with Gasteiger partial charge in [-0.25, -0.2) is 9.67 Å². The summed E-state index contributed by atoms with van der Waals surface area (Å²) in [4.78, 5) is 22.7. The first-order valence-electron chi connectivity index (χ1n) is 13.4. The fourth-order valence-corrected chi connectivity index (χ4v) is 5.84. The van der Waals surface area contributed by atoms with Crippen molar-refractivity contribution in [2.45, 2.75) is 50.9 Å². The quantitative estimate of drug-likeness (QED) is 0.389. The van der Waals surface area contributed by atoms with E-state index in [0.29, 0.717) is 28.9 Å². The van der Waals surface area contributed by atoms with Crippen molar-refractivity contribution < 1.29 is 5.11 Å². The van der Waals surface area contributed by atoms with Gasteiger partial charge in [-0.1, -0.05) is 35.9 Å². The van der Waals surface area contributed by atoms with Crippen LogP contribution >= 0.6 is 11.6 Å². The summed E-state index contributed by atoms with van der Waals surface area (Å²) in [7, 11) is 0. The smallest absolute Gasteiger partial charge is 0.264 e. The van der Waals surface area contributed by atoms with E-state index in [4.69, 9.17) is 11.6 Å². The third-order valence-electron chi connectivity index (χ3n) is 7.88. The summed E-state index contributed by atoms with van der Waals surface area (Å²) in [6, 6.07) is 16.1. The van der Waals surface area contributed by atoms with Gasteiger partial charge in [-0.3, -0.25) is 19.2 Å². The lowest BCUT2D eigenvalue weighted by atomic mass is 9.91. The van der Waals surface area contributed by atoms with E-state index in [1.165, 1.54) is 48.0 Å². The van der Waals surface area contributed by atoms with Crippen LogP contribution in [0.25, 0.3) is 16.7 Å². The van der Waals surface area contributed by atoms with Crippen LogP contribution < -0.4 is 5.56 Å². The number of nitrogens with zero attached hydrogens (tertiary/aromatic N) is 6. The van der Waals surface area contributed by atoms with Gasteiger partial charge in [0.25, 0.3) is 5.56 Å². The number of aliphatic hydroxyl groups is 1.